The van der Waals surface area contributed by atoms with E-state index in [9.17, 15) is 18.0 Å². The van der Waals surface area contributed by atoms with Gasteiger partial charge in [-0.3, -0.25) is 4.79 Å². The second kappa shape index (κ2) is 7.20. The number of thiophene rings is 1. The summed E-state index contributed by atoms with van der Waals surface area (Å²) in [5.74, 6) is -0.830. The number of amides is 2. The van der Waals surface area contributed by atoms with Crippen molar-refractivity contribution in [2.45, 2.75) is 11.1 Å². The predicted octanol–water partition coefficient (Wildman–Crippen LogP) is 1.37. The third kappa shape index (κ3) is 4.50. The van der Waals surface area contributed by atoms with Crippen molar-refractivity contribution in [3.63, 3.8) is 0 Å². The van der Waals surface area contributed by atoms with Gasteiger partial charge in [-0.1, -0.05) is 6.07 Å². The van der Waals surface area contributed by atoms with E-state index in [1.165, 1.54) is 18.2 Å². The van der Waals surface area contributed by atoms with Crippen LogP contribution in [0.25, 0.3) is 0 Å². The van der Waals surface area contributed by atoms with Gasteiger partial charge in [0, 0.05) is 18.8 Å². The lowest BCUT2D eigenvalue weighted by Crippen LogP contribution is -2.30. The number of rotatable bonds is 5. The highest BCUT2D eigenvalue weighted by Gasteiger charge is 2.19. The van der Waals surface area contributed by atoms with Crippen molar-refractivity contribution in [3.8, 4) is 5.88 Å². The molecule has 0 aliphatic rings. The Morgan fingerprint density at radius 1 is 1.30 bits per heavy atom. The molecule has 0 unspecified atom stereocenters. The maximum Gasteiger partial charge on any atom is 0.413 e. The minimum atomic E-state index is -3.90. The van der Waals surface area contributed by atoms with Crippen LogP contribution in [0.1, 0.15) is 17.3 Å². The van der Waals surface area contributed by atoms with Crippen LogP contribution in [0.4, 0.5) is 4.79 Å². The van der Waals surface area contributed by atoms with E-state index in [0.29, 0.717) is 6.54 Å². The second-order valence-corrected chi connectivity index (χ2v) is 7.03. The molecule has 2 heterocycles. The van der Waals surface area contributed by atoms with Gasteiger partial charge in [-0.2, -0.15) is 0 Å². The van der Waals surface area contributed by atoms with E-state index in [1.807, 2.05) is 4.72 Å². The number of nitrogens with one attached hydrogen (secondary N) is 2. The summed E-state index contributed by atoms with van der Waals surface area (Å²) < 4.78 is 30.7. The topological polar surface area (TPSA) is 114 Å². The summed E-state index contributed by atoms with van der Waals surface area (Å²) in [6.45, 7) is 2.13. The molecule has 2 rings (SSSR count). The molecule has 10 heteroatoms. The van der Waals surface area contributed by atoms with E-state index in [1.54, 1.807) is 18.4 Å². The molecule has 0 bridgehead atoms. The van der Waals surface area contributed by atoms with E-state index in [2.05, 4.69) is 10.3 Å². The monoisotopic (exact) mass is 355 g/mol. The zero-order valence-electron chi connectivity index (χ0n) is 12.0. The summed E-state index contributed by atoms with van der Waals surface area (Å²) in [5.41, 5.74) is 0.0216. The van der Waals surface area contributed by atoms with Crippen molar-refractivity contribution in [2.75, 3.05) is 6.54 Å². The molecule has 8 nitrogen and oxygen atoms in total. The van der Waals surface area contributed by atoms with Crippen molar-refractivity contribution in [3.05, 3.63) is 41.4 Å². The van der Waals surface area contributed by atoms with Gasteiger partial charge < -0.3 is 10.1 Å². The third-order valence-electron chi connectivity index (χ3n) is 2.50. The highest BCUT2D eigenvalue weighted by Crippen LogP contribution is 2.16. The van der Waals surface area contributed by atoms with Crippen molar-refractivity contribution >= 4 is 33.4 Å². The number of carbonyl (C=O) groups excluding carboxylic acids is 2. The Hall–Kier alpha value is -2.46. The Morgan fingerprint density at radius 3 is 2.65 bits per heavy atom. The van der Waals surface area contributed by atoms with Gasteiger partial charge in [0.15, 0.2) is 0 Å². The summed E-state index contributed by atoms with van der Waals surface area (Å²) >= 11 is 0.998. The van der Waals surface area contributed by atoms with Gasteiger partial charge in [0.1, 0.15) is 4.21 Å². The summed E-state index contributed by atoms with van der Waals surface area (Å²) in [6.07, 6.45) is 0.450. The van der Waals surface area contributed by atoms with E-state index in [-0.39, 0.29) is 15.7 Å². The smallest absolute Gasteiger partial charge is 0.391 e. The molecule has 0 spiro atoms. The summed E-state index contributed by atoms with van der Waals surface area (Å²) in [6, 6.07) is 5.56. The molecule has 2 N–H and O–H groups in total. The molecular formula is C13H13N3O5S2. The van der Waals surface area contributed by atoms with Gasteiger partial charge in [-0.15, -0.1) is 11.3 Å². The molecule has 0 fully saturated rings. The van der Waals surface area contributed by atoms with Crippen LogP contribution in [0.2, 0.25) is 0 Å². The fraction of sp³-hybridized carbons (Fsp3) is 0.154. The van der Waals surface area contributed by atoms with Gasteiger partial charge in [0.2, 0.25) is 5.88 Å². The van der Waals surface area contributed by atoms with Crippen LogP contribution in [-0.2, 0) is 10.0 Å². The molecule has 0 aliphatic carbocycles. The van der Waals surface area contributed by atoms with Crippen LogP contribution in [0.15, 0.2) is 40.1 Å². The average molecular weight is 355 g/mol. The Bertz CT molecular complexity index is 786. The summed E-state index contributed by atoms with van der Waals surface area (Å²) in [5, 5.41) is 4.01. The number of aromatic nitrogens is 1. The molecular weight excluding hydrogens is 342 g/mol. The average Bonchev–Trinajstić information content (AvgIpc) is 3.03. The molecule has 2 amide bonds. The van der Waals surface area contributed by atoms with Crippen LogP contribution in [0.3, 0.4) is 0 Å². The van der Waals surface area contributed by atoms with Gasteiger partial charge in [-0.25, -0.2) is 22.9 Å². The summed E-state index contributed by atoms with van der Waals surface area (Å²) in [4.78, 5) is 26.9. The van der Waals surface area contributed by atoms with E-state index < -0.39 is 22.0 Å². The third-order valence-corrected chi connectivity index (χ3v) is 5.23. The Morgan fingerprint density at radius 2 is 2.09 bits per heavy atom. The fourth-order valence-electron chi connectivity index (χ4n) is 1.50. The molecule has 23 heavy (non-hydrogen) atoms. The van der Waals surface area contributed by atoms with Crippen molar-refractivity contribution in [2.24, 2.45) is 0 Å². The number of pyridine rings is 1. The molecule has 0 aliphatic heterocycles. The highest BCUT2D eigenvalue weighted by atomic mass is 32.2. The van der Waals surface area contributed by atoms with Gasteiger partial charge in [-0.05, 0) is 24.4 Å². The largest absolute Gasteiger partial charge is 0.413 e. The zero-order valence-corrected chi connectivity index (χ0v) is 13.6. The zero-order chi connectivity index (χ0) is 16.9. The van der Waals surface area contributed by atoms with Gasteiger partial charge >= 0.3 is 6.09 Å². The highest BCUT2D eigenvalue weighted by molar-refractivity contribution is 7.92. The molecule has 0 saturated carbocycles. The molecule has 0 saturated heterocycles. The SMILES string of the molecule is CCNC(=O)Oc1ccc(C(=O)NS(=O)(=O)c2cccs2)cn1. The molecule has 0 aromatic carbocycles. The van der Waals surface area contributed by atoms with E-state index >= 15 is 0 Å². The number of ether oxygens (including phenoxy) is 1. The first-order chi connectivity index (χ1) is 10.9. The molecule has 0 atom stereocenters. The lowest BCUT2D eigenvalue weighted by atomic mass is 10.3. The number of hydrogen-bond donors (Lipinski definition) is 2. The maximum absolute atomic E-state index is 11.9. The number of nitrogens with zero attached hydrogens (tertiary/aromatic N) is 1. The second-order valence-electron chi connectivity index (χ2n) is 4.17. The molecule has 2 aromatic rings. The first kappa shape index (κ1) is 16.9. The van der Waals surface area contributed by atoms with Crippen LogP contribution < -0.4 is 14.8 Å². The minimum Gasteiger partial charge on any atom is -0.391 e. The number of carbonyl (C=O) groups is 2. The first-order valence-corrected chi connectivity index (χ1v) is 8.81. The first-order valence-electron chi connectivity index (χ1n) is 6.45. The number of sulfonamides is 1. The predicted molar refractivity (Wildman–Crippen MR) is 82.9 cm³/mol. The quantitative estimate of drug-likeness (QED) is 0.837. The van der Waals surface area contributed by atoms with Crippen molar-refractivity contribution in [1.29, 1.82) is 0 Å². The van der Waals surface area contributed by atoms with E-state index in [4.69, 9.17) is 4.74 Å². The lowest BCUT2D eigenvalue weighted by Gasteiger charge is -2.06. The Balaban J connectivity index is 2.05. The normalized spacial score (nSPS) is 10.8. The fourth-order valence-corrected chi connectivity index (χ4v) is 3.47. The Labute approximate surface area is 136 Å². The maximum atomic E-state index is 11.9. The summed E-state index contributed by atoms with van der Waals surface area (Å²) in [7, 11) is -3.90. The Kier molecular flexibility index (Phi) is 5.29. The van der Waals surface area contributed by atoms with Crippen molar-refractivity contribution in [1.82, 2.24) is 15.0 Å². The van der Waals surface area contributed by atoms with Crippen LogP contribution >= 0.6 is 11.3 Å². The lowest BCUT2D eigenvalue weighted by molar-refractivity contribution is 0.0981. The molecule has 122 valence electrons. The van der Waals surface area contributed by atoms with Crippen LogP contribution in [0, 0.1) is 0 Å². The van der Waals surface area contributed by atoms with E-state index in [0.717, 1.165) is 17.5 Å². The molecule has 2 aromatic heterocycles. The molecule has 0 radical (unpaired) electrons. The standard InChI is InChI=1S/C13H13N3O5S2/c1-2-14-13(18)21-10-6-5-9(8-15-10)12(17)16-23(19,20)11-4-3-7-22-11/h3-8H,2H2,1H3,(H,14,18)(H,16,17). The van der Waals surface area contributed by atoms with Gasteiger partial charge in [0.05, 0.1) is 5.56 Å². The van der Waals surface area contributed by atoms with Crippen LogP contribution in [0.5, 0.6) is 5.88 Å². The number of hydrogen-bond acceptors (Lipinski definition) is 7. The van der Waals surface area contributed by atoms with Crippen LogP contribution in [-0.4, -0.2) is 31.9 Å². The van der Waals surface area contributed by atoms with Gasteiger partial charge in [0.25, 0.3) is 15.9 Å². The van der Waals surface area contributed by atoms with Crippen molar-refractivity contribution < 1.29 is 22.7 Å². The minimum absolute atomic E-state index is 0.00591.